The summed E-state index contributed by atoms with van der Waals surface area (Å²) in [6.07, 6.45) is 3.08. The number of H-pyrrole nitrogens is 1. The monoisotopic (exact) mass is 245 g/mol. The fourth-order valence-corrected chi connectivity index (χ4v) is 1.74. The number of anilines is 1. The zero-order valence-electron chi connectivity index (χ0n) is 10.1. The summed E-state index contributed by atoms with van der Waals surface area (Å²) in [6, 6.07) is 9.12. The second kappa shape index (κ2) is 5.01. The highest BCUT2D eigenvalue weighted by atomic mass is 16.3. The van der Waals surface area contributed by atoms with Crippen LogP contribution in [0.4, 0.5) is 5.69 Å². The van der Waals surface area contributed by atoms with Crippen molar-refractivity contribution >= 4 is 11.6 Å². The van der Waals surface area contributed by atoms with Gasteiger partial charge in [0.15, 0.2) is 0 Å². The lowest BCUT2D eigenvalue weighted by Gasteiger charge is -2.22. The van der Waals surface area contributed by atoms with Crippen molar-refractivity contribution in [2.45, 2.75) is 18.9 Å². The summed E-state index contributed by atoms with van der Waals surface area (Å²) < 4.78 is 0. The Bertz CT molecular complexity index is 506. The smallest absolute Gasteiger partial charge is 0.227 e. The van der Waals surface area contributed by atoms with Gasteiger partial charge in [0.05, 0.1) is 23.9 Å². The molecule has 1 aromatic heterocycles. The van der Waals surface area contributed by atoms with Crippen molar-refractivity contribution in [3.8, 4) is 0 Å². The van der Waals surface area contributed by atoms with Crippen LogP contribution in [0, 0.1) is 0 Å². The van der Waals surface area contributed by atoms with Gasteiger partial charge >= 0.3 is 0 Å². The molecule has 0 saturated heterocycles. The van der Waals surface area contributed by atoms with E-state index >= 15 is 0 Å². The van der Waals surface area contributed by atoms with Gasteiger partial charge in [-0.25, -0.2) is 0 Å². The van der Waals surface area contributed by atoms with Crippen LogP contribution < -0.4 is 5.32 Å². The minimum atomic E-state index is -1.19. The minimum absolute atomic E-state index is 0.0117. The molecule has 1 atom stereocenters. The van der Waals surface area contributed by atoms with Crippen LogP contribution in [0.15, 0.2) is 42.7 Å². The highest BCUT2D eigenvalue weighted by Crippen LogP contribution is 2.24. The van der Waals surface area contributed by atoms with Gasteiger partial charge in [0.25, 0.3) is 0 Å². The summed E-state index contributed by atoms with van der Waals surface area (Å²) in [5.74, 6) is -0.259. The largest absolute Gasteiger partial charge is 0.385 e. The predicted molar refractivity (Wildman–Crippen MR) is 67.8 cm³/mol. The van der Waals surface area contributed by atoms with Gasteiger partial charge in [-0.3, -0.25) is 9.89 Å². The number of carbonyl (C=O) groups is 1. The molecule has 2 rings (SSSR count). The van der Waals surface area contributed by atoms with Gasteiger partial charge in [-0.2, -0.15) is 5.10 Å². The topological polar surface area (TPSA) is 78.0 Å². The summed E-state index contributed by atoms with van der Waals surface area (Å²) >= 11 is 0. The van der Waals surface area contributed by atoms with Crippen LogP contribution in [0.2, 0.25) is 0 Å². The first-order valence-electron chi connectivity index (χ1n) is 5.64. The number of rotatable bonds is 4. The first kappa shape index (κ1) is 12.3. The van der Waals surface area contributed by atoms with Crippen LogP contribution in [-0.2, 0) is 10.4 Å². The quantitative estimate of drug-likeness (QED) is 0.766. The Morgan fingerprint density at radius 3 is 2.78 bits per heavy atom. The minimum Gasteiger partial charge on any atom is -0.385 e. The number of nitrogens with zero attached hydrogens (tertiary/aromatic N) is 1. The number of aromatic nitrogens is 2. The molecular weight excluding hydrogens is 230 g/mol. The van der Waals surface area contributed by atoms with Crippen molar-refractivity contribution < 1.29 is 9.90 Å². The van der Waals surface area contributed by atoms with E-state index in [-0.39, 0.29) is 12.3 Å². The van der Waals surface area contributed by atoms with E-state index in [1.165, 1.54) is 6.20 Å². The van der Waals surface area contributed by atoms with E-state index in [1.54, 1.807) is 25.3 Å². The molecule has 0 bridgehead atoms. The SMILES string of the molecule is CC(O)(CC(=O)Nc1cn[nH]c1)c1ccccc1. The summed E-state index contributed by atoms with van der Waals surface area (Å²) in [5, 5.41) is 19.3. The van der Waals surface area contributed by atoms with Crippen LogP contribution >= 0.6 is 0 Å². The zero-order valence-corrected chi connectivity index (χ0v) is 10.1. The Balaban J connectivity index is 2.02. The number of hydrogen-bond donors (Lipinski definition) is 3. The molecule has 1 amide bonds. The van der Waals surface area contributed by atoms with Crippen molar-refractivity contribution in [2.75, 3.05) is 5.32 Å². The molecule has 18 heavy (non-hydrogen) atoms. The molecule has 5 heteroatoms. The third kappa shape index (κ3) is 2.95. The Morgan fingerprint density at radius 1 is 1.44 bits per heavy atom. The van der Waals surface area contributed by atoms with Crippen molar-refractivity contribution in [1.82, 2.24) is 10.2 Å². The van der Waals surface area contributed by atoms with E-state index in [2.05, 4.69) is 15.5 Å². The predicted octanol–water partition coefficient (Wildman–Crippen LogP) is 1.65. The lowest BCUT2D eigenvalue weighted by molar-refractivity contribution is -0.120. The van der Waals surface area contributed by atoms with Crippen LogP contribution in [-0.4, -0.2) is 21.2 Å². The maximum Gasteiger partial charge on any atom is 0.227 e. The van der Waals surface area contributed by atoms with E-state index in [0.29, 0.717) is 11.3 Å². The number of hydrogen-bond acceptors (Lipinski definition) is 3. The molecule has 0 saturated carbocycles. The van der Waals surface area contributed by atoms with Gasteiger partial charge in [-0.15, -0.1) is 0 Å². The fraction of sp³-hybridized carbons (Fsp3) is 0.231. The molecule has 0 spiro atoms. The lowest BCUT2D eigenvalue weighted by atomic mass is 9.92. The third-order valence-electron chi connectivity index (χ3n) is 2.68. The van der Waals surface area contributed by atoms with Crippen molar-refractivity contribution in [3.05, 3.63) is 48.3 Å². The molecule has 1 heterocycles. The number of carbonyl (C=O) groups excluding carboxylic acids is 1. The van der Waals surface area contributed by atoms with Gasteiger partial charge < -0.3 is 10.4 Å². The van der Waals surface area contributed by atoms with Crippen LogP contribution in [0.3, 0.4) is 0 Å². The first-order valence-corrected chi connectivity index (χ1v) is 5.64. The molecule has 5 nitrogen and oxygen atoms in total. The van der Waals surface area contributed by atoms with Crippen molar-refractivity contribution in [1.29, 1.82) is 0 Å². The van der Waals surface area contributed by atoms with Gasteiger partial charge in [0, 0.05) is 6.20 Å². The summed E-state index contributed by atoms with van der Waals surface area (Å²) in [7, 11) is 0. The molecule has 1 aromatic carbocycles. The van der Waals surface area contributed by atoms with Crippen LogP contribution in [0.5, 0.6) is 0 Å². The highest BCUT2D eigenvalue weighted by Gasteiger charge is 2.26. The van der Waals surface area contributed by atoms with Crippen LogP contribution in [0.1, 0.15) is 18.9 Å². The number of amides is 1. The van der Waals surface area contributed by atoms with E-state index in [9.17, 15) is 9.90 Å². The van der Waals surface area contributed by atoms with E-state index < -0.39 is 5.60 Å². The van der Waals surface area contributed by atoms with Crippen LogP contribution in [0.25, 0.3) is 0 Å². The van der Waals surface area contributed by atoms with Crippen molar-refractivity contribution in [2.24, 2.45) is 0 Å². The standard InChI is InChI=1S/C13H15N3O2/c1-13(18,10-5-3-2-4-6-10)7-12(17)16-11-8-14-15-9-11/h2-6,8-9,18H,7H2,1H3,(H,14,15)(H,16,17). The first-order chi connectivity index (χ1) is 8.58. The molecule has 94 valence electrons. The second-order valence-corrected chi connectivity index (χ2v) is 4.35. The number of nitrogens with one attached hydrogen (secondary N) is 2. The summed E-state index contributed by atoms with van der Waals surface area (Å²) in [4.78, 5) is 11.8. The highest BCUT2D eigenvalue weighted by molar-refractivity contribution is 5.91. The van der Waals surface area contributed by atoms with E-state index in [4.69, 9.17) is 0 Å². The van der Waals surface area contributed by atoms with Crippen molar-refractivity contribution in [3.63, 3.8) is 0 Å². The molecule has 2 aromatic rings. The number of aliphatic hydroxyl groups is 1. The average Bonchev–Trinajstić information content (AvgIpc) is 2.82. The Kier molecular flexibility index (Phi) is 3.43. The van der Waals surface area contributed by atoms with E-state index in [0.717, 1.165) is 0 Å². The van der Waals surface area contributed by atoms with Gasteiger partial charge in [-0.1, -0.05) is 30.3 Å². The van der Waals surface area contributed by atoms with E-state index in [1.807, 2.05) is 18.2 Å². The molecule has 0 aliphatic heterocycles. The van der Waals surface area contributed by atoms with Gasteiger partial charge in [0.1, 0.15) is 0 Å². The Hall–Kier alpha value is -2.14. The molecule has 0 aliphatic rings. The maximum atomic E-state index is 11.8. The molecule has 0 fully saturated rings. The normalized spacial score (nSPS) is 13.9. The second-order valence-electron chi connectivity index (χ2n) is 4.35. The molecule has 1 unspecified atom stereocenters. The summed E-state index contributed by atoms with van der Waals surface area (Å²) in [6.45, 7) is 1.62. The summed E-state index contributed by atoms with van der Waals surface area (Å²) in [5.41, 5.74) is 0.117. The van der Waals surface area contributed by atoms with Gasteiger partial charge in [-0.05, 0) is 12.5 Å². The Labute approximate surface area is 105 Å². The third-order valence-corrected chi connectivity index (χ3v) is 2.68. The fourth-order valence-electron chi connectivity index (χ4n) is 1.74. The number of aromatic amines is 1. The molecule has 3 N–H and O–H groups in total. The Morgan fingerprint density at radius 2 is 2.17 bits per heavy atom. The maximum absolute atomic E-state index is 11.8. The lowest BCUT2D eigenvalue weighted by Crippen LogP contribution is -2.28. The van der Waals surface area contributed by atoms with Gasteiger partial charge in [0.2, 0.25) is 5.91 Å². The zero-order chi connectivity index (χ0) is 13.0. The molecule has 0 radical (unpaired) electrons. The average molecular weight is 245 g/mol. The number of benzene rings is 1. The molecule has 0 aliphatic carbocycles. The molecular formula is C13H15N3O2.